The highest BCUT2D eigenvalue weighted by Crippen LogP contribution is 2.09. The molecule has 0 spiro atoms. The van der Waals surface area contributed by atoms with E-state index in [-0.39, 0.29) is 5.41 Å². The summed E-state index contributed by atoms with van der Waals surface area (Å²) in [5, 5.41) is 2.46. The first-order chi connectivity index (χ1) is 5.37. The summed E-state index contributed by atoms with van der Waals surface area (Å²) in [6, 6.07) is 0. The molecule has 0 rings (SSSR count). The minimum absolute atomic E-state index is 0.0241. The normalized spacial score (nSPS) is 10.7. The summed E-state index contributed by atoms with van der Waals surface area (Å²) < 4.78 is 4.23. The number of rotatable bonds is 1. The molecule has 0 fully saturated rings. The second-order valence-corrected chi connectivity index (χ2v) is 3.73. The molecule has 0 saturated heterocycles. The first-order valence-corrected chi connectivity index (χ1v) is 3.73. The van der Waals surface area contributed by atoms with Crippen molar-refractivity contribution >= 4 is 11.9 Å². The van der Waals surface area contributed by atoms with Crippen molar-refractivity contribution in [2.24, 2.45) is 5.41 Å². The van der Waals surface area contributed by atoms with E-state index in [9.17, 15) is 9.59 Å². The van der Waals surface area contributed by atoms with Crippen LogP contribution >= 0.6 is 0 Å². The van der Waals surface area contributed by atoms with Crippen LogP contribution in [0.4, 0.5) is 0 Å². The van der Waals surface area contributed by atoms with Gasteiger partial charge in [0, 0.05) is 6.54 Å². The number of amides is 1. The van der Waals surface area contributed by atoms with Crippen LogP contribution in [-0.4, -0.2) is 25.5 Å². The predicted octanol–water partition coefficient (Wildman–Crippen LogP) is 0.322. The van der Waals surface area contributed by atoms with Gasteiger partial charge in [0.25, 0.3) is 0 Å². The molecule has 0 aromatic heterocycles. The van der Waals surface area contributed by atoms with Crippen LogP contribution in [0, 0.1) is 5.41 Å². The molecule has 0 bridgehead atoms. The maximum Gasteiger partial charge on any atom is 0.396 e. The Bertz CT molecular complexity index is 181. The fraction of sp³-hybridized carbons (Fsp3) is 0.750. The lowest BCUT2D eigenvalue weighted by Gasteiger charge is -2.17. The summed E-state index contributed by atoms with van der Waals surface area (Å²) in [5.41, 5.74) is -0.0241. The Morgan fingerprint density at radius 3 is 2.17 bits per heavy atom. The molecule has 4 heteroatoms. The van der Waals surface area contributed by atoms with Crippen LogP contribution in [0.25, 0.3) is 0 Å². The molecule has 12 heavy (non-hydrogen) atoms. The van der Waals surface area contributed by atoms with Gasteiger partial charge < -0.3 is 10.1 Å². The molecule has 4 nitrogen and oxygen atoms in total. The van der Waals surface area contributed by atoms with Gasteiger partial charge in [-0.25, -0.2) is 4.79 Å². The van der Waals surface area contributed by atoms with Gasteiger partial charge in [-0.15, -0.1) is 0 Å². The summed E-state index contributed by atoms with van der Waals surface area (Å²) in [7, 11) is 1.18. The standard InChI is InChI=1S/C8H15NO3/c1-8(2,3)5-9-6(10)7(11)12-4/h5H2,1-4H3,(H,9,10). The Morgan fingerprint density at radius 2 is 1.83 bits per heavy atom. The summed E-state index contributed by atoms with van der Waals surface area (Å²) in [6.07, 6.45) is 0. The molecule has 1 amide bonds. The zero-order chi connectivity index (χ0) is 9.78. The molecule has 0 aliphatic carbocycles. The van der Waals surface area contributed by atoms with E-state index < -0.39 is 11.9 Å². The Morgan fingerprint density at radius 1 is 1.33 bits per heavy atom. The average molecular weight is 173 g/mol. The fourth-order valence-electron chi connectivity index (χ4n) is 0.510. The van der Waals surface area contributed by atoms with Crippen LogP contribution in [0.3, 0.4) is 0 Å². The zero-order valence-electron chi connectivity index (χ0n) is 7.93. The third-order valence-electron chi connectivity index (χ3n) is 1.15. The van der Waals surface area contributed by atoms with E-state index in [0.29, 0.717) is 6.54 Å². The van der Waals surface area contributed by atoms with E-state index in [1.165, 1.54) is 7.11 Å². The summed E-state index contributed by atoms with van der Waals surface area (Å²) >= 11 is 0. The molecule has 0 atom stereocenters. The van der Waals surface area contributed by atoms with Gasteiger partial charge in [-0.3, -0.25) is 4.79 Å². The van der Waals surface area contributed by atoms with Gasteiger partial charge in [-0.2, -0.15) is 0 Å². The Balaban J connectivity index is 3.80. The highest BCUT2D eigenvalue weighted by molar-refractivity contribution is 6.32. The number of hydrogen-bond acceptors (Lipinski definition) is 3. The molecule has 0 aromatic rings. The van der Waals surface area contributed by atoms with Gasteiger partial charge in [-0.05, 0) is 5.41 Å². The molecule has 0 unspecified atom stereocenters. The predicted molar refractivity (Wildman–Crippen MR) is 44.5 cm³/mol. The van der Waals surface area contributed by atoms with Crippen LogP contribution in [-0.2, 0) is 14.3 Å². The van der Waals surface area contributed by atoms with Gasteiger partial charge in [-0.1, -0.05) is 20.8 Å². The fourth-order valence-corrected chi connectivity index (χ4v) is 0.510. The van der Waals surface area contributed by atoms with Crippen molar-refractivity contribution in [1.29, 1.82) is 0 Å². The van der Waals surface area contributed by atoms with Crippen molar-refractivity contribution in [3.63, 3.8) is 0 Å². The first kappa shape index (κ1) is 10.9. The number of carbonyl (C=O) groups is 2. The second-order valence-electron chi connectivity index (χ2n) is 3.73. The molecule has 0 aliphatic rings. The molecule has 0 radical (unpaired) electrons. The van der Waals surface area contributed by atoms with Crippen LogP contribution in [0.15, 0.2) is 0 Å². The van der Waals surface area contributed by atoms with E-state index in [1.54, 1.807) is 0 Å². The molecular formula is C8H15NO3. The number of methoxy groups -OCH3 is 1. The topological polar surface area (TPSA) is 55.4 Å². The van der Waals surface area contributed by atoms with Crippen molar-refractivity contribution < 1.29 is 14.3 Å². The van der Waals surface area contributed by atoms with Crippen LogP contribution < -0.4 is 5.32 Å². The van der Waals surface area contributed by atoms with E-state index >= 15 is 0 Å². The molecule has 0 heterocycles. The quantitative estimate of drug-likeness (QED) is 0.459. The number of esters is 1. The van der Waals surface area contributed by atoms with E-state index in [2.05, 4.69) is 10.1 Å². The average Bonchev–Trinajstić information content (AvgIpc) is 1.97. The Labute approximate surface area is 72.3 Å². The third kappa shape index (κ3) is 4.71. The summed E-state index contributed by atoms with van der Waals surface area (Å²) in [5.74, 6) is -1.54. The van der Waals surface area contributed by atoms with Crippen LogP contribution in [0.2, 0.25) is 0 Å². The van der Waals surface area contributed by atoms with E-state index in [1.807, 2.05) is 20.8 Å². The summed E-state index contributed by atoms with van der Waals surface area (Å²) in [6.45, 7) is 6.35. The maximum absolute atomic E-state index is 10.8. The lowest BCUT2D eigenvalue weighted by atomic mass is 9.97. The van der Waals surface area contributed by atoms with Crippen molar-refractivity contribution in [3.8, 4) is 0 Å². The molecular weight excluding hydrogens is 158 g/mol. The minimum Gasteiger partial charge on any atom is -0.462 e. The van der Waals surface area contributed by atoms with Crippen LogP contribution in [0.5, 0.6) is 0 Å². The molecule has 0 aliphatic heterocycles. The summed E-state index contributed by atoms with van der Waals surface area (Å²) in [4.78, 5) is 21.4. The highest BCUT2D eigenvalue weighted by Gasteiger charge is 2.17. The molecule has 70 valence electrons. The number of ether oxygens (including phenoxy) is 1. The Kier molecular flexibility index (Phi) is 3.73. The van der Waals surface area contributed by atoms with Crippen LogP contribution in [0.1, 0.15) is 20.8 Å². The highest BCUT2D eigenvalue weighted by atomic mass is 16.5. The van der Waals surface area contributed by atoms with Crippen molar-refractivity contribution in [2.45, 2.75) is 20.8 Å². The van der Waals surface area contributed by atoms with Gasteiger partial charge >= 0.3 is 11.9 Å². The van der Waals surface area contributed by atoms with Crippen molar-refractivity contribution in [3.05, 3.63) is 0 Å². The van der Waals surface area contributed by atoms with E-state index in [4.69, 9.17) is 0 Å². The van der Waals surface area contributed by atoms with Gasteiger partial charge in [0.1, 0.15) is 0 Å². The molecule has 1 N–H and O–H groups in total. The second kappa shape index (κ2) is 4.09. The van der Waals surface area contributed by atoms with Gasteiger partial charge in [0.2, 0.25) is 0 Å². The third-order valence-corrected chi connectivity index (χ3v) is 1.15. The van der Waals surface area contributed by atoms with E-state index in [0.717, 1.165) is 0 Å². The monoisotopic (exact) mass is 173 g/mol. The zero-order valence-corrected chi connectivity index (χ0v) is 7.93. The Hall–Kier alpha value is -1.06. The van der Waals surface area contributed by atoms with Gasteiger partial charge in [0.15, 0.2) is 0 Å². The van der Waals surface area contributed by atoms with Crippen molar-refractivity contribution in [1.82, 2.24) is 5.32 Å². The SMILES string of the molecule is COC(=O)C(=O)NCC(C)(C)C. The minimum atomic E-state index is -0.848. The number of carbonyl (C=O) groups excluding carboxylic acids is 2. The smallest absolute Gasteiger partial charge is 0.396 e. The molecule has 0 aromatic carbocycles. The lowest BCUT2D eigenvalue weighted by molar-refractivity contribution is -0.152. The molecule has 0 saturated carbocycles. The number of nitrogens with one attached hydrogen (secondary N) is 1. The first-order valence-electron chi connectivity index (χ1n) is 3.73. The number of hydrogen-bond donors (Lipinski definition) is 1. The largest absolute Gasteiger partial charge is 0.462 e. The maximum atomic E-state index is 10.8. The lowest BCUT2D eigenvalue weighted by Crippen LogP contribution is -2.37. The van der Waals surface area contributed by atoms with Gasteiger partial charge in [0.05, 0.1) is 7.11 Å². The van der Waals surface area contributed by atoms with Crippen molar-refractivity contribution in [2.75, 3.05) is 13.7 Å².